The number of thioether (sulfide) groups is 1. The second-order valence-corrected chi connectivity index (χ2v) is 8.14. The zero-order chi connectivity index (χ0) is 19.1. The van der Waals surface area contributed by atoms with Gasteiger partial charge in [0.1, 0.15) is 12.2 Å². The van der Waals surface area contributed by atoms with E-state index in [2.05, 4.69) is 15.3 Å². The van der Waals surface area contributed by atoms with Crippen molar-refractivity contribution >= 4 is 34.9 Å². The first-order chi connectivity index (χ1) is 12.2. The standard InChI is InChI=1S/C15H21ClN4O5S/c1-4-5-26-14-18-12(16)9(20(22)23)13(19-14)17-7-6-8(21)11-10(7)24-15(2,3)25-11/h7-8,10-11,21H,4-6H2,1-3H3,(H,17,18,19)/t7-,8+,10+,11-/m1/s1. The molecule has 0 radical (unpaired) electrons. The smallest absolute Gasteiger partial charge is 0.348 e. The van der Waals surface area contributed by atoms with Crippen LogP contribution in [0.5, 0.6) is 0 Å². The molecule has 1 saturated carbocycles. The van der Waals surface area contributed by atoms with Gasteiger partial charge in [-0.2, -0.15) is 4.98 Å². The van der Waals surface area contributed by atoms with Crippen LogP contribution in [0.3, 0.4) is 0 Å². The van der Waals surface area contributed by atoms with Crippen LogP contribution in [0.2, 0.25) is 5.15 Å². The normalized spacial score (nSPS) is 29.6. The van der Waals surface area contributed by atoms with Gasteiger partial charge in [0, 0.05) is 5.75 Å². The Morgan fingerprint density at radius 2 is 2.12 bits per heavy atom. The predicted octanol–water partition coefficient (Wildman–Crippen LogP) is 2.61. The number of aliphatic hydroxyl groups is 1. The van der Waals surface area contributed by atoms with Gasteiger partial charge in [-0.25, -0.2) is 4.98 Å². The van der Waals surface area contributed by atoms with Gasteiger partial charge in [-0.3, -0.25) is 10.1 Å². The lowest BCUT2D eigenvalue weighted by Gasteiger charge is -2.23. The monoisotopic (exact) mass is 404 g/mol. The predicted molar refractivity (Wildman–Crippen MR) is 96.6 cm³/mol. The first-order valence-corrected chi connectivity index (χ1v) is 9.73. The number of anilines is 1. The molecule has 0 amide bonds. The Hall–Kier alpha value is -1.20. The summed E-state index contributed by atoms with van der Waals surface area (Å²) in [4.78, 5) is 19.1. The average Bonchev–Trinajstić information content (AvgIpc) is 2.99. The molecule has 11 heteroatoms. The molecule has 1 saturated heterocycles. The highest BCUT2D eigenvalue weighted by Crippen LogP contribution is 2.41. The van der Waals surface area contributed by atoms with Crippen LogP contribution in [-0.2, 0) is 9.47 Å². The topological polar surface area (TPSA) is 120 Å². The molecule has 1 aliphatic carbocycles. The highest BCUT2D eigenvalue weighted by Gasteiger charge is 2.54. The minimum atomic E-state index is -0.825. The maximum atomic E-state index is 11.4. The maximum Gasteiger partial charge on any atom is 0.348 e. The summed E-state index contributed by atoms with van der Waals surface area (Å²) in [5.41, 5.74) is -0.386. The minimum absolute atomic E-state index is 0.0276. The zero-order valence-corrected chi connectivity index (χ0v) is 16.2. The van der Waals surface area contributed by atoms with E-state index in [1.807, 2.05) is 6.92 Å². The zero-order valence-electron chi connectivity index (χ0n) is 14.6. The van der Waals surface area contributed by atoms with Crippen molar-refractivity contribution in [2.75, 3.05) is 11.1 Å². The van der Waals surface area contributed by atoms with Crippen LogP contribution in [-0.4, -0.2) is 55.9 Å². The number of rotatable bonds is 6. The van der Waals surface area contributed by atoms with Crippen molar-refractivity contribution in [1.82, 2.24) is 9.97 Å². The van der Waals surface area contributed by atoms with Crippen molar-refractivity contribution in [3.05, 3.63) is 15.3 Å². The van der Waals surface area contributed by atoms with Gasteiger partial charge in [0.05, 0.1) is 17.1 Å². The van der Waals surface area contributed by atoms with Crippen molar-refractivity contribution in [1.29, 1.82) is 0 Å². The molecule has 2 aliphatic rings. The number of hydrogen-bond acceptors (Lipinski definition) is 9. The van der Waals surface area contributed by atoms with Crippen LogP contribution in [0, 0.1) is 10.1 Å². The second kappa shape index (κ2) is 7.43. The number of nitrogens with zero attached hydrogens (tertiary/aromatic N) is 3. The van der Waals surface area contributed by atoms with Gasteiger partial charge in [0.15, 0.2) is 10.9 Å². The Kier molecular flexibility index (Phi) is 5.59. The summed E-state index contributed by atoms with van der Waals surface area (Å²) in [6.45, 7) is 5.54. The SMILES string of the molecule is CCCSc1nc(Cl)c([N+](=O)[O-])c(N[C@@H]2C[C@H](O)[C@H]3OC(C)(C)O[C@H]32)n1. The first-order valence-electron chi connectivity index (χ1n) is 8.37. The number of nitrogens with one attached hydrogen (secondary N) is 1. The maximum absolute atomic E-state index is 11.4. The quantitative estimate of drug-likeness (QED) is 0.242. The molecule has 144 valence electrons. The summed E-state index contributed by atoms with van der Waals surface area (Å²) in [6.07, 6.45) is -0.441. The molecule has 9 nitrogen and oxygen atoms in total. The number of aromatic nitrogens is 2. The van der Waals surface area contributed by atoms with Crippen LogP contribution in [0.1, 0.15) is 33.6 Å². The highest BCUT2D eigenvalue weighted by molar-refractivity contribution is 7.99. The Morgan fingerprint density at radius 1 is 1.42 bits per heavy atom. The molecule has 3 rings (SSSR count). The lowest BCUT2D eigenvalue weighted by Crippen LogP contribution is -2.35. The molecule has 0 bridgehead atoms. The molecule has 2 N–H and O–H groups in total. The van der Waals surface area contributed by atoms with Crippen molar-refractivity contribution < 1.29 is 19.5 Å². The number of aliphatic hydroxyl groups excluding tert-OH is 1. The van der Waals surface area contributed by atoms with E-state index < -0.39 is 35.1 Å². The molecule has 26 heavy (non-hydrogen) atoms. The Labute approximate surface area is 160 Å². The van der Waals surface area contributed by atoms with Crippen LogP contribution in [0.25, 0.3) is 0 Å². The summed E-state index contributed by atoms with van der Waals surface area (Å²) < 4.78 is 11.6. The van der Waals surface area contributed by atoms with Crippen LogP contribution < -0.4 is 5.32 Å². The Bertz CT molecular complexity index is 707. The molecular formula is C15H21ClN4O5S. The number of hydrogen-bond donors (Lipinski definition) is 2. The van der Waals surface area contributed by atoms with Gasteiger partial charge in [-0.15, -0.1) is 0 Å². The Balaban J connectivity index is 1.88. The number of halogens is 1. The third-order valence-corrected chi connectivity index (χ3v) is 5.51. The molecule has 0 aromatic carbocycles. The minimum Gasteiger partial charge on any atom is -0.390 e. The van der Waals surface area contributed by atoms with Gasteiger partial charge in [-0.1, -0.05) is 30.3 Å². The molecule has 1 aromatic rings. The molecule has 1 aromatic heterocycles. The summed E-state index contributed by atoms with van der Waals surface area (Å²) in [5, 5.41) is 24.8. The summed E-state index contributed by atoms with van der Waals surface area (Å²) >= 11 is 7.40. The molecular weight excluding hydrogens is 384 g/mol. The molecule has 4 atom stereocenters. The van der Waals surface area contributed by atoms with Gasteiger partial charge >= 0.3 is 5.69 Å². The first kappa shape index (κ1) is 19.6. The van der Waals surface area contributed by atoms with E-state index in [-0.39, 0.29) is 16.7 Å². The molecule has 0 unspecified atom stereocenters. The van der Waals surface area contributed by atoms with Crippen molar-refractivity contribution in [2.45, 2.75) is 68.9 Å². The fourth-order valence-electron chi connectivity index (χ4n) is 3.20. The van der Waals surface area contributed by atoms with E-state index in [4.69, 9.17) is 21.1 Å². The van der Waals surface area contributed by atoms with E-state index in [0.717, 1.165) is 12.2 Å². The summed E-state index contributed by atoms with van der Waals surface area (Å²) in [5.74, 6) is -0.0284. The van der Waals surface area contributed by atoms with Crippen LogP contribution in [0.4, 0.5) is 11.5 Å². The third kappa shape index (κ3) is 3.89. The van der Waals surface area contributed by atoms with E-state index >= 15 is 0 Å². The van der Waals surface area contributed by atoms with E-state index in [0.29, 0.717) is 11.6 Å². The molecule has 2 fully saturated rings. The average molecular weight is 405 g/mol. The van der Waals surface area contributed by atoms with Gasteiger partial charge in [0.25, 0.3) is 0 Å². The third-order valence-electron chi connectivity index (χ3n) is 4.20. The molecule has 2 heterocycles. The summed E-state index contributed by atoms with van der Waals surface area (Å²) in [6, 6.07) is -0.398. The lowest BCUT2D eigenvalue weighted by atomic mass is 10.2. The fraction of sp³-hybridized carbons (Fsp3) is 0.733. The van der Waals surface area contributed by atoms with Crippen molar-refractivity contribution in [3.8, 4) is 0 Å². The van der Waals surface area contributed by atoms with Gasteiger partial charge in [0.2, 0.25) is 11.0 Å². The largest absolute Gasteiger partial charge is 0.390 e. The van der Waals surface area contributed by atoms with E-state index in [1.54, 1.807) is 13.8 Å². The second-order valence-electron chi connectivity index (χ2n) is 6.72. The fourth-order valence-corrected chi connectivity index (χ4v) is 4.19. The van der Waals surface area contributed by atoms with Crippen molar-refractivity contribution in [3.63, 3.8) is 0 Å². The Morgan fingerprint density at radius 3 is 2.77 bits per heavy atom. The number of fused-ring (bicyclic) bond motifs is 1. The summed E-state index contributed by atoms with van der Waals surface area (Å²) in [7, 11) is 0. The lowest BCUT2D eigenvalue weighted by molar-refractivity contribution is -0.384. The van der Waals surface area contributed by atoms with E-state index in [9.17, 15) is 15.2 Å². The molecule has 0 spiro atoms. The van der Waals surface area contributed by atoms with E-state index in [1.165, 1.54) is 11.8 Å². The number of ether oxygens (including phenoxy) is 2. The number of nitro groups is 1. The van der Waals surface area contributed by atoms with Crippen LogP contribution in [0.15, 0.2) is 5.16 Å². The van der Waals surface area contributed by atoms with Gasteiger partial charge < -0.3 is 19.9 Å². The molecule has 1 aliphatic heterocycles. The van der Waals surface area contributed by atoms with Crippen molar-refractivity contribution in [2.24, 2.45) is 0 Å². The highest BCUT2D eigenvalue weighted by atomic mass is 35.5. The van der Waals surface area contributed by atoms with Crippen LogP contribution >= 0.6 is 23.4 Å². The van der Waals surface area contributed by atoms with Gasteiger partial charge in [-0.05, 0) is 26.7 Å².